The minimum atomic E-state index is -3.63. The summed E-state index contributed by atoms with van der Waals surface area (Å²) in [6.07, 6.45) is 1.21. The summed E-state index contributed by atoms with van der Waals surface area (Å²) in [4.78, 5) is 26.7. The van der Waals surface area contributed by atoms with E-state index in [1.54, 1.807) is 49.6 Å². The molecule has 1 aromatic rings. The van der Waals surface area contributed by atoms with Gasteiger partial charge in [0.2, 0.25) is 21.8 Å². The number of nitrogens with one attached hydrogen (secondary N) is 1. The fourth-order valence-electron chi connectivity index (χ4n) is 3.90. The van der Waals surface area contributed by atoms with Gasteiger partial charge >= 0.3 is 0 Å². The van der Waals surface area contributed by atoms with E-state index in [9.17, 15) is 18.0 Å². The zero-order valence-corrected chi connectivity index (χ0v) is 18.3. The van der Waals surface area contributed by atoms with Crippen molar-refractivity contribution in [2.75, 3.05) is 24.2 Å². The third-order valence-corrected chi connectivity index (χ3v) is 9.22. The molecular weight excluding hydrogens is 398 g/mol. The summed E-state index contributed by atoms with van der Waals surface area (Å²) in [6.45, 7) is 8.09. The molecule has 1 aromatic carbocycles. The minimum Gasteiger partial charge on any atom is -0.324 e. The molecule has 2 amide bonds. The number of hydrogen-bond donors (Lipinski definition) is 1. The Morgan fingerprint density at radius 3 is 2.68 bits per heavy atom. The lowest BCUT2D eigenvalue weighted by molar-refractivity contribution is -0.135. The van der Waals surface area contributed by atoms with Crippen LogP contribution in [0.25, 0.3) is 0 Å². The number of carbonyl (C=O) groups is 2. The zero-order chi connectivity index (χ0) is 20.7. The number of rotatable bonds is 6. The first-order valence-corrected chi connectivity index (χ1v) is 11.9. The van der Waals surface area contributed by atoms with Crippen LogP contribution >= 0.6 is 11.8 Å². The normalized spacial score (nSPS) is 24.7. The van der Waals surface area contributed by atoms with Crippen LogP contribution in [0.2, 0.25) is 0 Å². The number of thioether (sulfide) groups is 1. The maximum atomic E-state index is 12.9. The fourth-order valence-corrected chi connectivity index (χ4v) is 7.04. The standard InChI is InChI=1S/C19H27N3O4S2/c1-5-21(6-2)28(25,26)16-11-14(8-7-13(16)3)20-18(24)15-12-27-19(4)10-9-17(23)22(15)19/h7-8,11,15H,5-6,9-10,12H2,1-4H3,(H,20,24)/t15-,19-/m0/s1. The van der Waals surface area contributed by atoms with Crippen molar-refractivity contribution in [3.05, 3.63) is 23.8 Å². The molecule has 3 rings (SSSR count). The van der Waals surface area contributed by atoms with Crippen LogP contribution in [0.15, 0.2) is 23.1 Å². The largest absolute Gasteiger partial charge is 0.324 e. The molecule has 2 saturated heterocycles. The van der Waals surface area contributed by atoms with Gasteiger partial charge in [-0.3, -0.25) is 9.59 Å². The molecule has 9 heteroatoms. The molecule has 2 aliphatic rings. The molecule has 2 atom stereocenters. The van der Waals surface area contributed by atoms with Crippen molar-refractivity contribution in [2.24, 2.45) is 0 Å². The average molecular weight is 426 g/mol. The monoisotopic (exact) mass is 425 g/mol. The lowest BCUT2D eigenvalue weighted by Crippen LogP contribution is -2.48. The minimum absolute atomic E-state index is 0.00126. The van der Waals surface area contributed by atoms with Crippen LogP contribution in [0.3, 0.4) is 0 Å². The molecule has 0 spiro atoms. The van der Waals surface area contributed by atoms with Crippen molar-refractivity contribution in [2.45, 2.75) is 56.3 Å². The first kappa shape index (κ1) is 21.1. The highest BCUT2D eigenvalue weighted by atomic mass is 32.2. The van der Waals surface area contributed by atoms with E-state index in [2.05, 4.69) is 5.32 Å². The predicted octanol–water partition coefficient (Wildman–Crippen LogP) is 2.42. The Morgan fingerprint density at radius 1 is 1.36 bits per heavy atom. The van der Waals surface area contributed by atoms with E-state index in [1.807, 2.05) is 6.92 Å². The smallest absolute Gasteiger partial charge is 0.248 e. The van der Waals surface area contributed by atoms with Crippen molar-refractivity contribution < 1.29 is 18.0 Å². The van der Waals surface area contributed by atoms with E-state index >= 15 is 0 Å². The number of nitrogens with zero attached hydrogens (tertiary/aromatic N) is 2. The number of fused-ring (bicyclic) bond motifs is 1. The second kappa shape index (κ2) is 7.68. The molecule has 0 radical (unpaired) electrons. The number of aryl methyl sites for hydroxylation is 1. The maximum absolute atomic E-state index is 12.9. The summed E-state index contributed by atoms with van der Waals surface area (Å²) >= 11 is 1.63. The second-order valence-electron chi connectivity index (χ2n) is 7.32. The van der Waals surface area contributed by atoms with Crippen LogP contribution in [-0.4, -0.2) is 59.2 Å². The third kappa shape index (κ3) is 3.55. The Labute approximate surface area is 170 Å². The molecule has 1 N–H and O–H groups in total. The van der Waals surface area contributed by atoms with Crippen LogP contribution in [0, 0.1) is 6.92 Å². The molecule has 0 saturated carbocycles. The van der Waals surface area contributed by atoms with E-state index in [1.165, 1.54) is 10.4 Å². The highest BCUT2D eigenvalue weighted by Gasteiger charge is 2.52. The summed E-state index contributed by atoms with van der Waals surface area (Å²) in [7, 11) is -3.63. The van der Waals surface area contributed by atoms with Crippen molar-refractivity contribution in [1.29, 1.82) is 0 Å². The highest BCUT2D eigenvalue weighted by Crippen LogP contribution is 2.47. The van der Waals surface area contributed by atoms with E-state index in [0.29, 0.717) is 36.5 Å². The average Bonchev–Trinajstić information content (AvgIpc) is 3.13. The van der Waals surface area contributed by atoms with Gasteiger partial charge in [0.25, 0.3) is 0 Å². The van der Waals surface area contributed by atoms with Gasteiger partial charge in [-0.15, -0.1) is 11.8 Å². The van der Waals surface area contributed by atoms with Gasteiger partial charge in [-0.25, -0.2) is 8.42 Å². The molecule has 7 nitrogen and oxygen atoms in total. The van der Waals surface area contributed by atoms with E-state index in [-0.39, 0.29) is 21.6 Å². The molecule has 2 heterocycles. The molecule has 0 unspecified atom stereocenters. The predicted molar refractivity (Wildman–Crippen MR) is 111 cm³/mol. The first-order chi connectivity index (χ1) is 13.1. The number of amides is 2. The number of carbonyl (C=O) groups excluding carboxylic acids is 2. The summed E-state index contributed by atoms with van der Waals surface area (Å²) in [5.41, 5.74) is 1.05. The molecule has 2 fully saturated rings. The molecule has 28 heavy (non-hydrogen) atoms. The first-order valence-electron chi connectivity index (χ1n) is 9.52. The molecule has 2 aliphatic heterocycles. The van der Waals surface area contributed by atoms with Crippen LogP contribution < -0.4 is 5.32 Å². The lowest BCUT2D eigenvalue weighted by atomic mass is 10.2. The highest BCUT2D eigenvalue weighted by molar-refractivity contribution is 8.01. The van der Waals surface area contributed by atoms with Gasteiger partial charge in [0, 0.05) is 31.0 Å². The molecule has 0 bridgehead atoms. The Bertz CT molecular complexity index is 898. The Morgan fingerprint density at radius 2 is 2.04 bits per heavy atom. The van der Waals surface area contributed by atoms with Gasteiger partial charge in [-0.05, 0) is 38.0 Å². The van der Waals surface area contributed by atoms with Gasteiger partial charge in [0.15, 0.2) is 0 Å². The Hall–Kier alpha value is -1.58. The summed E-state index contributed by atoms with van der Waals surface area (Å²) in [5.74, 6) is 0.271. The lowest BCUT2D eigenvalue weighted by Gasteiger charge is -2.29. The molecule has 0 aliphatic carbocycles. The van der Waals surface area contributed by atoms with Gasteiger partial charge in [0.1, 0.15) is 6.04 Å². The van der Waals surface area contributed by atoms with Crippen molar-refractivity contribution in [1.82, 2.24) is 9.21 Å². The number of benzene rings is 1. The third-order valence-electron chi connectivity index (χ3n) is 5.53. The van der Waals surface area contributed by atoms with Crippen LogP contribution in [-0.2, 0) is 19.6 Å². The van der Waals surface area contributed by atoms with Gasteiger partial charge in [-0.1, -0.05) is 19.9 Å². The Kier molecular flexibility index (Phi) is 5.80. The second-order valence-corrected chi connectivity index (χ2v) is 10.7. The summed E-state index contributed by atoms with van der Waals surface area (Å²) in [6, 6.07) is 4.37. The fraction of sp³-hybridized carbons (Fsp3) is 0.579. The van der Waals surface area contributed by atoms with Crippen LogP contribution in [0.5, 0.6) is 0 Å². The topological polar surface area (TPSA) is 86.8 Å². The van der Waals surface area contributed by atoms with Crippen molar-refractivity contribution >= 4 is 39.3 Å². The van der Waals surface area contributed by atoms with Crippen molar-refractivity contribution in [3.8, 4) is 0 Å². The Balaban J connectivity index is 1.84. The number of sulfonamides is 1. The van der Waals surface area contributed by atoms with E-state index < -0.39 is 16.1 Å². The van der Waals surface area contributed by atoms with Crippen molar-refractivity contribution in [3.63, 3.8) is 0 Å². The van der Waals surface area contributed by atoms with Crippen LogP contribution in [0.4, 0.5) is 5.69 Å². The summed E-state index contributed by atoms with van der Waals surface area (Å²) < 4.78 is 27.2. The van der Waals surface area contributed by atoms with Gasteiger partial charge < -0.3 is 10.2 Å². The quantitative estimate of drug-likeness (QED) is 0.756. The summed E-state index contributed by atoms with van der Waals surface area (Å²) in [5, 5.41) is 2.82. The molecule has 154 valence electrons. The number of anilines is 1. The molecular formula is C19H27N3O4S2. The van der Waals surface area contributed by atoms with Crippen LogP contribution in [0.1, 0.15) is 39.2 Å². The maximum Gasteiger partial charge on any atom is 0.248 e. The SMILES string of the molecule is CCN(CC)S(=O)(=O)c1cc(NC(=O)[C@@H]2CS[C@@]3(C)CCC(=O)N23)ccc1C. The van der Waals surface area contributed by atoms with E-state index in [0.717, 1.165) is 6.42 Å². The molecule has 0 aromatic heterocycles. The van der Waals surface area contributed by atoms with Gasteiger partial charge in [-0.2, -0.15) is 4.31 Å². The number of hydrogen-bond acceptors (Lipinski definition) is 5. The van der Waals surface area contributed by atoms with E-state index in [4.69, 9.17) is 0 Å². The van der Waals surface area contributed by atoms with Gasteiger partial charge in [0.05, 0.1) is 9.77 Å². The zero-order valence-electron chi connectivity index (χ0n) is 16.7.